The molecule has 2 bridgehead atoms. The van der Waals surface area contributed by atoms with E-state index in [-0.39, 0.29) is 24.4 Å². The number of hydrogen-bond acceptors (Lipinski definition) is 7. The smallest absolute Gasteiger partial charge is 0.274 e. The van der Waals surface area contributed by atoms with Gasteiger partial charge in [0.2, 0.25) is 15.9 Å². The Bertz CT molecular complexity index is 2250. The van der Waals surface area contributed by atoms with Gasteiger partial charge in [-0.25, -0.2) is 18.1 Å². The van der Waals surface area contributed by atoms with Gasteiger partial charge in [-0.05, 0) is 93.9 Å². The molecule has 1 aliphatic carbocycles. The highest BCUT2D eigenvalue weighted by atomic mass is 32.2. The topological polar surface area (TPSA) is 113 Å². The number of thiophene rings is 1. The molecule has 2 aliphatic heterocycles. The van der Waals surface area contributed by atoms with Gasteiger partial charge < -0.3 is 14.8 Å². The van der Waals surface area contributed by atoms with Crippen LogP contribution >= 0.6 is 11.3 Å². The second kappa shape index (κ2) is 12.9. The molecule has 4 atom stereocenters. The zero-order valence-electron chi connectivity index (χ0n) is 28.7. The van der Waals surface area contributed by atoms with Crippen LogP contribution in [0.3, 0.4) is 0 Å². The normalized spacial score (nSPS) is 22.4. The van der Waals surface area contributed by atoms with Crippen molar-refractivity contribution in [3.8, 4) is 22.5 Å². The molecule has 3 aromatic heterocycles. The van der Waals surface area contributed by atoms with Gasteiger partial charge in [0.1, 0.15) is 6.54 Å². The van der Waals surface area contributed by atoms with Crippen molar-refractivity contribution in [1.29, 1.82) is 0 Å². The minimum Gasteiger partial charge on any atom is -0.341 e. The lowest BCUT2D eigenvalue weighted by Crippen LogP contribution is -2.46. The highest BCUT2D eigenvalue weighted by Gasteiger charge is 2.43. The van der Waals surface area contributed by atoms with Gasteiger partial charge in [-0.15, -0.1) is 11.3 Å². The molecule has 5 heterocycles. The van der Waals surface area contributed by atoms with Gasteiger partial charge in [0, 0.05) is 35.5 Å². The van der Waals surface area contributed by atoms with E-state index < -0.39 is 21.2 Å². The number of carbonyl (C=O) groups is 2. The van der Waals surface area contributed by atoms with Crippen LogP contribution in [0.1, 0.15) is 72.2 Å². The number of sulfonamides is 1. The maximum atomic E-state index is 14.2. The van der Waals surface area contributed by atoms with E-state index in [1.165, 1.54) is 11.3 Å². The molecule has 0 spiro atoms. The number of pyridine rings is 1. The fourth-order valence-electron chi connectivity index (χ4n) is 8.50. The lowest BCUT2D eigenvalue weighted by molar-refractivity contribution is -0.133. The highest BCUT2D eigenvalue weighted by molar-refractivity contribution is 7.90. The van der Waals surface area contributed by atoms with E-state index >= 15 is 0 Å². The quantitative estimate of drug-likeness (QED) is 0.200. The average Bonchev–Trinajstić information content (AvgIpc) is 3.69. The van der Waals surface area contributed by atoms with Crippen molar-refractivity contribution in [1.82, 2.24) is 24.5 Å². The van der Waals surface area contributed by atoms with Crippen LogP contribution in [0.2, 0.25) is 0 Å². The summed E-state index contributed by atoms with van der Waals surface area (Å²) in [6, 6.07) is 20.4. The number of piperidine rings is 1. The number of rotatable bonds is 6. The Morgan fingerprint density at radius 3 is 2.68 bits per heavy atom. The summed E-state index contributed by atoms with van der Waals surface area (Å²) in [6.45, 7) is 6.19. The van der Waals surface area contributed by atoms with Crippen molar-refractivity contribution in [2.75, 3.05) is 20.1 Å². The van der Waals surface area contributed by atoms with Gasteiger partial charge in [-0.1, -0.05) is 49.2 Å². The van der Waals surface area contributed by atoms with Crippen molar-refractivity contribution in [2.24, 2.45) is 5.92 Å². The molecule has 2 amide bonds. The molecule has 2 aromatic carbocycles. The van der Waals surface area contributed by atoms with Gasteiger partial charge in [0.25, 0.3) is 5.91 Å². The third-order valence-electron chi connectivity index (χ3n) is 11.4. The third-order valence-corrected chi connectivity index (χ3v) is 14.4. The van der Waals surface area contributed by atoms with Crippen LogP contribution in [0.15, 0.2) is 60.7 Å². The van der Waals surface area contributed by atoms with Crippen molar-refractivity contribution in [3.05, 3.63) is 76.7 Å². The molecule has 11 heteroatoms. The molecule has 260 valence electrons. The number of fused-ring (bicyclic) bond motifs is 4. The number of nitrogens with one attached hydrogen (secondary N) is 2. The van der Waals surface area contributed by atoms with Gasteiger partial charge in [-0.3, -0.25) is 9.59 Å². The summed E-state index contributed by atoms with van der Waals surface area (Å²) in [5.41, 5.74) is 7.51. The summed E-state index contributed by atoms with van der Waals surface area (Å²) >= 11 is 1.33. The number of benzene rings is 2. The predicted octanol–water partition coefficient (Wildman–Crippen LogP) is 6.84. The summed E-state index contributed by atoms with van der Waals surface area (Å²) in [6.07, 6.45) is 5.02. The highest BCUT2D eigenvalue weighted by Crippen LogP contribution is 2.49. The SMILES string of the molecule is Cc1ccccc1-c1ccc2cc(-c3c4c5sc(cc5n3CC(=O)N(C)C(C)C3CCCNC3)C(=O)NS(=O)(=O)C3CCCCC43)ccc2n1. The van der Waals surface area contributed by atoms with E-state index in [0.717, 1.165) is 93.5 Å². The average molecular weight is 710 g/mol. The maximum Gasteiger partial charge on any atom is 0.274 e. The molecule has 2 fully saturated rings. The molecule has 2 N–H and O–H groups in total. The standard InChI is InChI=1S/C39H43N5O4S2/c1-23-9-4-5-11-28(23)31-17-14-25-19-26(15-16-30(25)41-31)37-36-29-12-6-7-13-34(29)50(47,48)42-39(46)33-20-32(38(36)49-33)44(37)22-35(45)43(3)24(2)27-10-8-18-40-21-27/h4-5,9,11,14-17,19-20,24,27,29,34,40H,6-8,10,12-13,18,21-22H2,1-3H3,(H,42,46). The minimum atomic E-state index is -3.94. The van der Waals surface area contributed by atoms with Crippen LogP contribution in [0, 0.1) is 12.8 Å². The first kappa shape index (κ1) is 33.1. The Labute approximate surface area is 297 Å². The van der Waals surface area contributed by atoms with Crippen LogP contribution in [-0.2, 0) is 21.4 Å². The zero-order valence-corrected chi connectivity index (χ0v) is 30.4. The number of nitrogens with zero attached hydrogens (tertiary/aromatic N) is 3. The third kappa shape index (κ3) is 5.73. The molecule has 4 unspecified atom stereocenters. The van der Waals surface area contributed by atoms with Crippen LogP contribution in [0.5, 0.6) is 0 Å². The largest absolute Gasteiger partial charge is 0.341 e. The summed E-state index contributed by atoms with van der Waals surface area (Å²) in [5, 5.41) is 3.70. The first-order valence-corrected chi connectivity index (χ1v) is 20.1. The van der Waals surface area contributed by atoms with Crippen molar-refractivity contribution in [2.45, 2.75) is 76.1 Å². The lowest BCUT2D eigenvalue weighted by atomic mass is 9.82. The number of aromatic nitrogens is 2. The van der Waals surface area contributed by atoms with Crippen LogP contribution in [0.4, 0.5) is 0 Å². The van der Waals surface area contributed by atoms with E-state index in [2.05, 4.69) is 58.8 Å². The van der Waals surface area contributed by atoms with Crippen molar-refractivity contribution < 1.29 is 18.0 Å². The number of amides is 2. The Morgan fingerprint density at radius 2 is 1.88 bits per heavy atom. The summed E-state index contributed by atoms with van der Waals surface area (Å²) in [5.74, 6) is -0.569. The molecule has 5 aromatic rings. The van der Waals surface area contributed by atoms with E-state index in [4.69, 9.17) is 4.98 Å². The van der Waals surface area contributed by atoms with Gasteiger partial charge in [0.05, 0.1) is 37.2 Å². The van der Waals surface area contributed by atoms with Gasteiger partial charge in [0.15, 0.2) is 0 Å². The molecule has 8 rings (SSSR count). The monoisotopic (exact) mass is 709 g/mol. The Balaban J connectivity index is 1.29. The second-order valence-electron chi connectivity index (χ2n) is 14.3. The van der Waals surface area contributed by atoms with Gasteiger partial charge in [-0.2, -0.15) is 0 Å². The number of hydrogen-bond donors (Lipinski definition) is 2. The summed E-state index contributed by atoms with van der Waals surface area (Å²) < 4.78 is 32.9. The van der Waals surface area contributed by atoms with E-state index in [9.17, 15) is 18.0 Å². The van der Waals surface area contributed by atoms with E-state index in [1.807, 2.05) is 36.2 Å². The Kier molecular flexibility index (Phi) is 8.56. The van der Waals surface area contributed by atoms with Crippen molar-refractivity contribution >= 4 is 54.3 Å². The number of carbonyl (C=O) groups excluding carboxylic acids is 2. The second-order valence-corrected chi connectivity index (χ2v) is 17.3. The van der Waals surface area contributed by atoms with Crippen LogP contribution in [0.25, 0.3) is 43.6 Å². The lowest BCUT2D eigenvalue weighted by Gasteiger charge is -2.35. The molecule has 9 nitrogen and oxygen atoms in total. The van der Waals surface area contributed by atoms with Gasteiger partial charge >= 0.3 is 0 Å². The Morgan fingerprint density at radius 1 is 1.06 bits per heavy atom. The van der Waals surface area contributed by atoms with Crippen molar-refractivity contribution in [3.63, 3.8) is 0 Å². The molecule has 1 saturated heterocycles. The molecular formula is C39H43N5O4S2. The zero-order chi connectivity index (χ0) is 34.7. The maximum absolute atomic E-state index is 14.2. The van der Waals surface area contributed by atoms with E-state index in [0.29, 0.717) is 23.6 Å². The van der Waals surface area contributed by atoms with Crippen LogP contribution < -0.4 is 10.0 Å². The molecule has 0 radical (unpaired) electrons. The molecular weight excluding hydrogens is 667 g/mol. The van der Waals surface area contributed by atoms with E-state index in [1.54, 1.807) is 6.07 Å². The number of aryl methyl sites for hydroxylation is 1. The molecule has 1 saturated carbocycles. The minimum absolute atomic E-state index is 0.0157. The first-order valence-electron chi connectivity index (χ1n) is 17.8. The summed E-state index contributed by atoms with van der Waals surface area (Å²) in [7, 11) is -2.05. The summed E-state index contributed by atoms with van der Waals surface area (Å²) in [4.78, 5) is 34.8. The molecule has 50 heavy (non-hydrogen) atoms. The Hall–Kier alpha value is -4.06. The fraction of sp³-hybridized carbons (Fsp3) is 0.410. The fourth-order valence-corrected chi connectivity index (χ4v) is 11.4. The van der Waals surface area contributed by atoms with Crippen LogP contribution in [-0.4, -0.2) is 66.1 Å². The predicted molar refractivity (Wildman–Crippen MR) is 200 cm³/mol. The molecule has 3 aliphatic rings. The number of likely N-dealkylation sites (N-methyl/N-ethyl adjacent to an activating group) is 1. The first-order chi connectivity index (χ1) is 24.1.